The Morgan fingerprint density at radius 1 is 1.16 bits per heavy atom. The van der Waals surface area contributed by atoms with E-state index in [1.165, 1.54) is 23.9 Å². The predicted octanol–water partition coefficient (Wildman–Crippen LogP) is 0.795. The molecule has 0 N–H and O–H groups in total. The van der Waals surface area contributed by atoms with Gasteiger partial charge in [-0.05, 0) is 12.1 Å². The van der Waals surface area contributed by atoms with Crippen molar-refractivity contribution in [3.8, 4) is 0 Å². The summed E-state index contributed by atoms with van der Waals surface area (Å²) >= 11 is 1.46. The number of nitrogens with zero attached hydrogens (tertiary/aromatic N) is 1. The molecule has 0 spiro atoms. The van der Waals surface area contributed by atoms with Gasteiger partial charge in [0.05, 0.1) is 4.90 Å². The van der Waals surface area contributed by atoms with E-state index < -0.39 is 25.2 Å². The molecule has 5 nitrogen and oxygen atoms in total. The molecule has 0 aliphatic carbocycles. The first-order valence-electron chi connectivity index (χ1n) is 5.67. The van der Waals surface area contributed by atoms with Gasteiger partial charge in [0, 0.05) is 24.3 Å². The number of thioether (sulfide) groups is 1. The molecule has 0 bridgehead atoms. The van der Waals surface area contributed by atoms with Crippen LogP contribution in [0.4, 0.5) is 0 Å². The summed E-state index contributed by atoms with van der Waals surface area (Å²) in [7, 11) is -7.19. The lowest BCUT2D eigenvalue weighted by molar-refractivity contribution is 0.405. The monoisotopic (exact) mass is 321 g/mol. The maximum Gasteiger partial charge on any atom is 0.244 e. The van der Waals surface area contributed by atoms with Crippen LogP contribution in [0.25, 0.3) is 0 Å². The zero-order valence-electron chi connectivity index (χ0n) is 10.4. The highest BCUT2D eigenvalue weighted by molar-refractivity contribution is 8.01. The van der Waals surface area contributed by atoms with Crippen LogP contribution in [0.2, 0.25) is 0 Å². The van der Waals surface area contributed by atoms with Crippen molar-refractivity contribution >= 4 is 31.6 Å². The molecule has 1 heterocycles. The Bertz CT molecular complexity index is 640. The average molecular weight is 321 g/mol. The van der Waals surface area contributed by atoms with E-state index in [0.717, 1.165) is 10.6 Å². The Kier molecular flexibility index (Phi) is 4.24. The van der Waals surface area contributed by atoms with E-state index in [1.54, 1.807) is 18.2 Å². The van der Waals surface area contributed by atoms with Gasteiger partial charge in [0.25, 0.3) is 0 Å². The van der Waals surface area contributed by atoms with Crippen molar-refractivity contribution in [3.63, 3.8) is 0 Å². The van der Waals surface area contributed by atoms with Gasteiger partial charge in [0.15, 0.2) is 9.84 Å². The van der Waals surface area contributed by atoms with Gasteiger partial charge in [-0.2, -0.15) is 16.1 Å². The Morgan fingerprint density at radius 2 is 1.79 bits per heavy atom. The van der Waals surface area contributed by atoms with Gasteiger partial charge in [0.2, 0.25) is 10.0 Å². The second-order valence-electron chi connectivity index (χ2n) is 4.29. The molecule has 1 fully saturated rings. The zero-order valence-corrected chi connectivity index (χ0v) is 12.8. The molecule has 0 amide bonds. The molecular formula is C11H15NO4S3. The summed E-state index contributed by atoms with van der Waals surface area (Å²) in [6, 6.07) is 7.94. The van der Waals surface area contributed by atoms with Gasteiger partial charge in [-0.3, -0.25) is 0 Å². The molecule has 1 aromatic rings. The Hall–Kier alpha value is -0.570. The van der Waals surface area contributed by atoms with Crippen LogP contribution in [0.1, 0.15) is 0 Å². The fourth-order valence-corrected chi connectivity index (χ4v) is 7.10. The van der Waals surface area contributed by atoms with Gasteiger partial charge in [-0.25, -0.2) is 16.8 Å². The van der Waals surface area contributed by atoms with Crippen LogP contribution in [-0.2, 0) is 19.9 Å². The first kappa shape index (κ1) is 14.8. The standard InChI is InChI=1S/C11H15NO4S3/c1-18(13,14)11-9-17-8-7-12(11)19(15,16)10-5-3-2-4-6-10/h2-6,11H,7-9H2,1H3. The van der Waals surface area contributed by atoms with Crippen LogP contribution in [-0.4, -0.2) is 50.8 Å². The third-order valence-corrected chi connectivity index (χ3v) is 7.58. The molecule has 19 heavy (non-hydrogen) atoms. The van der Waals surface area contributed by atoms with Crippen molar-refractivity contribution in [1.29, 1.82) is 0 Å². The number of sulfone groups is 1. The molecular weight excluding hydrogens is 306 g/mol. The van der Waals surface area contributed by atoms with Crippen molar-refractivity contribution in [3.05, 3.63) is 30.3 Å². The maximum atomic E-state index is 12.5. The molecule has 1 saturated heterocycles. The number of hydrogen-bond acceptors (Lipinski definition) is 5. The number of benzene rings is 1. The van der Waals surface area contributed by atoms with Gasteiger partial charge in [-0.15, -0.1) is 0 Å². The molecule has 1 aliphatic heterocycles. The molecule has 8 heteroatoms. The van der Waals surface area contributed by atoms with Crippen molar-refractivity contribution in [2.75, 3.05) is 24.3 Å². The number of hydrogen-bond donors (Lipinski definition) is 0. The first-order chi connectivity index (χ1) is 8.83. The van der Waals surface area contributed by atoms with Gasteiger partial charge >= 0.3 is 0 Å². The molecule has 0 aromatic heterocycles. The van der Waals surface area contributed by atoms with Gasteiger partial charge < -0.3 is 0 Å². The van der Waals surface area contributed by atoms with Crippen LogP contribution in [0.15, 0.2) is 35.2 Å². The first-order valence-corrected chi connectivity index (χ1v) is 10.2. The summed E-state index contributed by atoms with van der Waals surface area (Å²) in [5.74, 6) is 0.892. The van der Waals surface area contributed by atoms with Crippen molar-refractivity contribution in [2.45, 2.75) is 10.3 Å². The fourth-order valence-electron chi connectivity index (χ4n) is 1.91. The molecule has 0 saturated carbocycles. The second kappa shape index (κ2) is 5.43. The van der Waals surface area contributed by atoms with E-state index in [-0.39, 0.29) is 17.2 Å². The number of sulfonamides is 1. The van der Waals surface area contributed by atoms with Crippen LogP contribution in [0.5, 0.6) is 0 Å². The van der Waals surface area contributed by atoms with Crippen LogP contribution >= 0.6 is 11.8 Å². The fraction of sp³-hybridized carbons (Fsp3) is 0.455. The quantitative estimate of drug-likeness (QED) is 0.823. The molecule has 1 atom stereocenters. The highest BCUT2D eigenvalue weighted by atomic mass is 32.2. The summed E-state index contributed by atoms with van der Waals surface area (Å²) in [5.41, 5.74) is 0. The Balaban J connectivity index is 2.44. The largest absolute Gasteiger partial charge is 0.244 e. The van der Waals surface area contributed by atoms with Gasteiger partial charge in [0.1, 0.15) is 5.37 Å². The lowest BCUT2D eigenvalue weighted by Crippen LogP contribution is -2.49. The smallest absolute Gasteiger partial charge is 0.227 e. The van der Waals surface area contributed by atoms with Gasteiger partial charge in [-0.1, -0.05) is 18.2 Å². The van der Waals surface area contributed by atoms with E-state index >= 15 is 0 Å². The second-order valence-corrected chi connectivity index (χ2v) is 9.53. The minimum absolute atomic E-state index is 0.135. The Labute approximate surface area is 118 Å². The van der Waals surface area contributed by atoms with Crippen LogP contribution in [0.3, 0.4) is 0 Å². The highest BCUT2D eigenvalue weighted by Gasteiger charge is 2.39. The van der Waals surface area contributed by atoms with E-state index in [0.29, 0.717) is 5.75 Å². The lowest BCUT2D eigenvalue weighted by Gasteiger charge is -2.32. The molecule has 0 radical (unpaired) electrons. The van der Waals surface area contributed by atoms with E-state index in [4.69, 9.17) is 0 Å². The summed E-state index contributed by atoms with van der Waals surface area (Å²) in [6.45, 7) is 0.222. The molecule has 1 unspecified atom stereocenters. The van der Waals surface area contributed by atoms with E-state index in [1.807, 2.05) is 0 Å². The minimum Gasteiger partial charge on any atom is -0.227 e. The van der Waals surface area contributed by atoms with Crippen molar-refractivity contribution in [1.82, 2.24) is 4.31 Å². The zero-order chi connectivity index (χ0) is 14.1. The van der Waals surface area contributed by atoms with Crippen LogP contribution < -0.4 is 0 Å². The normalized spacial score (nSPS) is 22.3. The third-order valence-electron chi connectivity index (χ3n) is 2.88. The molecule has 106 valence electrons. The van der Waals surface area contributed by atoms with Crippen LogP contribution in [0, 0.1) is 0 Å². The summed E-state index contributed by atoms with van der Waals surface area (Å²) < 4.78 is 49.6. The van der Waals surface area contributed by atoms with E-state index in [2.05, 4.69) is 0 Å². The molecule has 2 rings (SSSR count). The molecule has 1 aromatic carbocycles. The average Bonchev–Trinajstić information content (AvgIpc) is 2.39. The number of rotatable bonds is 3. The van der Waals surface area contributed by atoms with E-state index in [9.17, 15) is 16.8 Å². The minimum atomic E-state index is -3.75. The molecule has 1 aliphatic rings. The topological polar surface area (TPSA) is 71.5 Å². The lowest BCUT2D eigenvalue weighted by atomic mass is 10.4. The summed E-state index contributed by atoms with van der Waals surface area (Å²) in [5, 5.41) is -0.976. The predicted molar refractivity (Wildman–Crippen MR) is 76.3 cm³/mol. The summed E-state index contributed by atoms with van der Waals surface area (Å²) in [4.78, 5) is 0.135. The summed E-state index contributed by atoms with van der Waals surface area (Å²) in [6.07, 6.45) is 1.08. The SMILES string of the molecule is CS(=O)(=O)C1CSCCN1S(=O)(=O)c1ccccc1. The van der Waals surface area contributed by atoms with Crippen molar-refractivity contribution in [2.24, 2.45) is 0 Å². The van der Waals surface area contributed by atoms with Crippen molar-refractivity contribution < 1.29 is 16.8 Å². The maximum absolute atomic E-state index is 12.5. The Morgan fingerprint density at radius 3 is 2.37 bits per heavy atom. The highest BCUT2D eigenvalue weighted by Crippen LogP contribution is 2.26. The third kappa shape index (κ3) is 3.13.